The monoisotopic (exact) mass is 287 g/mol. The van der Waals surface area contributed by atoms with E-state index in [1.807, 2.05) is 0 Å². The highest BCUT2D eigenvalue weighted by atomic mass is 16.5. The van der Waals surface area contributed by atoms with Crippen molar-refractivity contribution in [2.45, 2.75) is 39.0 Å². The quantitative estimate of drug-likeness (QED) is 0.514. The van der Waals surface area contributed by atoms with Crippen LogP contribution in [-0.4, -0.2) is 18.4 Å². The zero-order valence-corrected chi connectivity index (χ0v) is 12.4. The zero-order valence-electron chi connectivity index (χ0n) is 12.4. The fraction of sp³-hybridized carbons (Fsp3) is 0.412. The topological polar surface area (TPSA) is 55.4 Å². The number of carbonyl (C=O) groups excluding carboxylic acids is 2. The molecule has 4 nitrogen and oxygen atoms in total. The fourth-order valence-electron chi connectivity index (χ4n) is 2.41. The predicted octanol–water partition coefficient (Wildman–Crippen LogP) is 3.23. The molecule has 0 fully saturated rings. The molecular weight excluding hydrogens is 266 g/mol. The Morgan fingerprint density at radius 3 is 2.57 bits per heavy atom. The molecule has 0 bridgehead atoms. The number of esters is 1. The summed E-state index contributed by atoms with van der Waals surface area (Å²) < 4.78 is 4.93. The first-order valence-electron chi connectivity index (χ1n) is 7.40. The van der Waals surface area contributed by atoms with Crippen LogP contribution in [0, 0.1) is 0 Å². The van der Waals surface area contributed by atoms with E-state index in [9.17, 15) is 9.59 Å². The number of carbonyl (C=O) groups is 2. The second-order valence-corrected chi connectivity index (χ2v) is 5.23. The second kappa shape index (κ2) is 7.62. The normalized spacial score (nSPS) is 14.2. The maximum atomic E-state index is 12.0. The first kappa shape index (κ1) is 15.3. The zero-order chi connectivity index (χ0) is 15.1. The van der Waals surface area contributed by atoms with Gasteiger partial charge in [-0.05, 0) is 56.4 Å². The van der Waals surface area contributed by atoms with Crippen LogP contribution in [0.5, 0.6) is 5.75 Å². The van der Waals surface area contributed by atoms with Gasteiger partial charge < -0.3 is 10.1 Å². The Morgan fingerprint density at radius 1 is 1.19 bits per heavy atom. The average molecular weight is 287 g/mol. The van der Waals surface area contributed by atoms with Crippen molar-refractivity contribution in [3.05, 3.63) is 41.5 Å². The summed E-state index contributed by atoms with van der Waals surface area (Å²) >= 11 is 0. The number of hydrogen-bond acceptors (Lipinski definition) is 3. The molecule has 21 heavy (non-hydrogen) atoms. The summed E-state index contributed by atoms with van der Waals surface area (Å²) in [7, 11) is 0. The molecule has 1 aromatic rings. The van der Waals surface area contributed by atoms with Crippen LogP contribution >= 0.6 is 0 Å². The van der Waals surface area contributed by atoms with Gasteiger partial charge >= 0.3 is 5.97 Å². The van der Waals surface area contributed by atoms with Crippen molar-refractivity contribution in [3.63, 3.8) is 0 Å². The van der Waals surface area contributed by atoms with Gasteiger partial charge in [0.15, 0.2) is 0 Å². The molecule has 0 saturated carbocycles. The minimum Gasteiger partial charge on any atom is -0.427 e. The molecule has 112 valence electrons. The molecule has 0 unspecified atom stereocenters. The lowest BCUT2D eigenvalue weighted by Gasteiger charge is -2.13. The molecule has 1 aliphatic rings. The minimum absolute atomic E-state index is 0.0965. The number of nitrogens with one attached hydrogen (secondary N) is 1. The van der Waals surface area contributed by atoms with Crippen LogP contribution in [0.25, 0.3) is 0 Å². The molecule has 1 N–H and O–H groups in total. The SMILES string of the molecule is CC(=O)Oc1ccc(C(=O)NCCC2=CCCCC2)cc1. The summed E-state index contributed by atoms with van der Waals surface area (Å²) in [6, 6.07) is 6.57. The maximum absolute atomic E-state index is 12.0. The highest BCUT2D eigenvalue weighted by molar-refractivity contribution is 5.94. The van der Waals surface area contributed by atoms with Gasteiger partial charge in [-0.25, -0.2) is 0 Å². The minimum atomic E-state index is -0.368. The number of allylic oxidation sites excluding steroid dienone is 1. The summed E-state index contributed by atoms with van der Waals surface area (Å²) in [6.07, 6.45) is 8.09. The van der Waals surface area contributed by atoms with Crippen LogP contribution in [0.1, 0.15) is 49.4 Å². The molecule has 1 aromatic carbocycles. The third-order valence-corrected chi connectivity index (χ3v) is 3.49. The maximum Gasteiger partial charge on any atom is 0.308 e. The summed E-state index contributed by atoms with van der Waals surface area (Å²) in [6.45, 7) is 2.01. The van der Waals surface area contributed by atoms with Gasteiger partial charge in [-0.1, -0.05) is 11.6 Å². The molecule has 1 amide bonds. The van der Waals surface area contributed by atoms with Crippen LogP contribution in [0.15, 0.2) is 35.9 Å². The Kier molecular flexibility index (Phi) is 5.55. The molecule has 2 rings (SSSR count). The van der Waals surface area contributed by atoms with E-state index >= 15 is 0 Å². The van der Waals surface area contributed by atoms with E-state index in [0.717, 1.165) is 12.8 Å². The van der Waals surface area contributed by atoms with Gasteiger partial charge in [0.05, 0.1) is 0 Å². The van der Waals surface area contributed by atoms with Crippen LogP contribution in [-0.2, 0) is 4.79 Å². The lowest BCUT2D eigenvalue weighted by atomic mass is 9.97. The molecule has 4 heteroatoms. The Bertz CT molecular complexity index is 531. The van der Waals surface area contributed by atoms with Crippen LogP contribution in [0.3, 0.4) is 0 Å². The van der Waals surface area contributed by atoms with Crippen LogP contribution < -0.4 is 10.1 Å². The van der Waals surface area contributed by atoms with E-state index < -0.39 is 0 Å². The molecule has 1 aliphatic carbocycles. The lowest BCUT2D eigenvalue weighted by Crippen LogP contribution is -2.24. The van der Waals surface area contributed by atoms with Crippen molar-refractivity contribution < 1.29 is 14.3 Å². The molecule has 0 saturated heterocycles. The van der Waals surface area contributed by atoms with Gasteiger partial charge in [0, 0.05) is 19.0 Å². The van der Waals surface area contributed by atoms with Gasteiger partial charge in [-0.15, -0.1) is 0 Å². The average Bonchev–Trinajstić information content (AvgIpc) is 2.48. The predicted molar refractivity (Wildman–Crippen MR) is 81.3 cm³/mol. The van der Waals surface area contributed by atoms with Crippen molar-refractivity contribution >= 4 is 11.9 Å². The molecule has 0 radical (unpaired) electrons. The van der Waals surface area contributed by atoms with Crippen molar-refractivity contribution in [2.24, 2.45) is 0 Å². The van der Waals surface area contributed by atoms with Crippen LogP contribution in [0.2, 0.25) is 0 Å². The Hall–Kier alpha value is -2.10. The molecule has 0 atom stereocenters. The number of rotatable bonds is 5. The van der Waals surface area contributed by atoms with Crippen molar-refractivity contribution in [1.29, 1.82) is 0 Å². The third-order valence-electron chi connectivity index (χ3n) is 3.49. The Balaban J connectivity index is 1.80. The number of hydrogen-bond donors (Lipinski definition) is 1. The van der Waals surface area contributed by atoms with E-state index in [2.05, 4.69) is 11.4 Å². The highest BCUT2D eigenvalue weighted by Gasteiger charge is 2.07. The van der Waals surface area contributed by atoms with Crippen LogP contribution in [0.4, 0.5) is 0 Å². The van der Waals surface area contributed by atoms with E-state index in [0.29, 0.717) is 17.9 Å². The van der Waals surface area contributed by atoms with Gasteiger partial charge in [0.25, 0.3) is 5.91 Å². The van der Waals surface area contributed by atoms with E-state index in [1.54, 1.807) is 24.3 Å². The van der Waals surface area contributed by atoms with E-state index in [4.69, 9.17) is 4.74 Å². The van der Waals surface area contributed by atoms with E-state index in [-0.39, 0.29) is 11.9 Å². The second-order valence-electron chi connectivity index (χ2n) is 5.23. The van der Waals surface area contributed by atoms with Gasteiger partial charge in [-0.2, -0.15) is 0 Å². The summed E-state index contributed by atoms with van der Waals surface area (Å²) in [5, 5.41) is 2.92. The largest absolute Gasteiger partial charge is 0.427 e. The molecule has 0 spiro atoms. The number of ether oxygens (including phenoxy) is 1. The smallest absolute Gasteiger partial charge is 0.308 e. The number of benzene rings is 1. The summed E-state index contributed by atoms with van der Waals surface area (Å²) in [5.41, 5.74) is 2.02. The summed E-state index contributed by atoms with van der Waals surface area (Å²) in [5.74, 6) is -0.0137. The molecule has 0 aromatic heterocycles. The Labute approximate surface area is 125 Å². The van der Waals surface area contributed by atoms with Gasteiger partial charge in [0.2, 0.25) is 0 Å². The standard InChI is InChI=1S/C17H21NO3/c1-13(19)21-16-9-7-15(8-10-16)17(20)18-12-11-14-5-3-2-4-6-14/h5,7-10H,2-4,6,11-12H2,1H3,(H,18,20). The van der Waals surface area contributed by atoms with Gasteiger partial charge in [-0.3, -0.25) is 9.59 Å². The van der Waals surface area contributed by atoms with Gasteiger partial charge in [0.1, 0.15) is 5.75 Å². The summed E-state index contributed by atoms with van der Waals surface area (Å²) in [4.78, 5) is 22.8. The molecule has 0 aliphatic heterocycles. The lowest BCUT2D eigenvalue weighted by molar-refractivity contribution is -0.131. The first-order valence-corrected chi connectivity index (χ1v) is 7.40. The highest BCUT2D eigenvalue weighted by Crippen LogP contribution is 2.19. The molecular formula is C17H21NO3. The van der Waals surface area contributed by atoms with Crippen molar-refractivity contribution in [3.8, 4) is 5.75 Å². The molecule has 0 heterocycles. The fourth-order valence-corrected chi connectivity index (χ4v) is 2.41. The number of amides is 1. The van der Waals surface area contributed by atoms with E-state index in [1.165, 1.54) is 31.8 Å². The van der Waals surface area contributed by atoms with Crippen molar-refractivity contribution in [2.75, 3.05) is 6.54 Å². The third kappa shape index (κ3) is 5.06. The van der Waals surface area contributed by atoms with Crippen molar-refractivity contribution in [1.82, 2.24) is 5.32 Å². The Morgan fingerprint density at radius 2 is 1.95 bits per heavy atom. The first-order chi connectivity index (χ1) is 10.1.